The molecule has 2 unspecified atom stereocenters. The van der Waals surface area contributed by atoms with Gasteiger partial charge in [0.15, 0.2) is 0 Å². The molecule has 0 amide bonds. The van der Waals surface area contributed by atoms with Gasteiger partial charge in [-0.25, -0.2) is 4.68 Å². The van der Waals surface area contributed by atoms with Crippen molar-refractivity contribution >= 4 is 21.6 Å². The highest BCUT2D eigenvalue weighted by Crippen LogP contribution is 2.26. The van der Waals surface area contributed by atoms with E-state index in [2.05, 4.69) is 40.2 Å². The van der Waals surface area contributed by atoms with Crippen molar-refractivity contribution in [2.75, 3.05) is 5.32 Å². The Morgan fingerprint density at radius 1 is 1.71 bits per heavy atom. The number of hydrogen-bond donors (Lipinski definition) is 2. The molecule has 3 N–H and O–H groups in total. The van der Waals surface area contributed by atoms with E-state index in [1.807, 2.05) is 0 Å². The minimum absolute atomic E-state index is 0.0991. The molecule has 0 spiro atoms. The van der Waals surface area contributed by atoms with Gasteiger partial charge in [0.25, 0.3) is 5.56 Å². The van der Waals surface area contributed by atoms with Gasteiger partial charge in [0.05, 0.1) is 11.9 Å². The van der Waals surface area contributed by atoms with Gasteiger partial charge in [0.2, 0.25) is 0 Å². The standard InChI is InChI=1S/C11H17BrN4O/c1-6(2)5-16-11(17)10(12)9(4-14-16)15-8-3-7(8)13/h4,6-8,15H,3,5,13H2,1-2H3. The van der Waals surface area contributed by atoms with Crippen LogP contribution in [0, 0.1) is 5.92 Å². The van der Waals surface area contributed by atoms with E-state index in [0.717, 1.165) is 12.1 Å². The van der Waals surface area contributed by atoms with Gasteiger partial charge < -0.3 is 11.1 Å². The number of nitrogens with two attached hydrogens (primary N) is 1. The average Bonchev–Trinajstić information content (AvgIpc) is 2.94. The second kappa shape index (κ2) is 4.78. The van der Waals surface area contributed by atoms with Crippen molar-refractivity contribution < 1.29 is 0 Å². The average molecular weight is 301 g/mol. The summed E-state index contributed by atoms with van der Waals surface area (Å²) in [6, 6.07) is 0.466. The van der Waals surface area contributed by atoms with E-state index in [-0.39, 0.29) is 17.6 Å². The van der Waals surface area contributed by atoms with E-state index in [1.54, 1.807) is 6.20 Å². The van der Waals surface area contributed by atoms with Gasteiger partial charge in [-0.2, -0.15) is 5.10 Å². The molecule has 1 aliphatic rings. The Morgan fingerprint density at radius 2 is 2.35 bits per heavy atom. The third kappa shape index (κ3) is 2.87. The molecule has 0 saturated heterocycles. The van der Waals surface area contributed by atoms with Gasteiger partial charge >= 0.3 is 0 Å². The normalized spacial score (nSPS) is 22.9. The topological polar surface area (TPSA) is 72.9 Å². The van der Waals surface area contributed by atoms with E-state index in [4.69, 9.17) is 5.73 Å². The van der Waals surface area contributed by atoms with Crippen LogP contribution in [0.1, 0.15) is 20.3 Å². The second-order valence-corrected chi connectivity index (χ2v) is 5.70. The number of nitrogens with zero attached hydrogens (tertiary/aromatic N) is 2. The van der Waals surface area contributed by atoms with Crippen molar-refractivity contribution in [1.82, 2.24) is 9.78 Å². The first-order chi connectivity index (χ1) is 7.99. The molecule has 94 valence electrons. The lowest BCUT2D eigenvalue weighted by Crippen LogP contribution is -2.27. The van der Waals surface area contributed by atoms with Crippen LogP contribution >= 0.6 is 15.9 Å². The van der Waals surface area contributed by atoms with Crippen molar-refractivity contribution in [2.45, 2.75) is 38.9 Å². The maximum Gasteiger partial charge on any atom is 0.283 e. The van der Waals surface area contributed by atoms with E-state index in [1.165, 1.54) is 4.68 Å². The monoisotopic (exact) mass is 300 g/mol. The van der Waals surface area contributed by atoms with Crippen LogP contribution in [-0.2, 0) is 6.54 Å². The van der Waals surface area contributed by atoms with Crippen LogP contribution in [0.15, 0.2) is 15.5 Å². The Morgan fingerprint density at radius 3 is 2.88 bits per heavy atom. The number of nitrogens with one attached hydrogen (secondary N) is 1. The highest BCUT2D eigenvalue weighted by atomic mass is 79.9. The van der Waals surface area contributed by atoms with Crippen LogP contribution in [0.4, 0.5) is 5.69 Å². The maximum absolute atomic E-state index is 12.0. The third-order valence-corrected chi connectivity index (χ3v) is 3.47. The first kappa shape index (κ1) is 12.6. The molecule has 1 fully saturated rings. The van der Waals surface area contributed by atoms with Crippen LogP contribution in [0.2, 0.25) is 0 Å². The fraction of sp³-hybridized carbons (Fsp3) is 0.636. The third-order valence-electron chi connectivity index (χ3n) is 2.70. The van der Waals surface area contributed by atoms with Gasteiger partial charge in [-0.1, -0.05) is 13.8 Å². The minimum Gasteiger partial charge on any atom is -0.378 e. The van der Waals surface area contributed by atoms with Crippen molar-refractivity contribution in [3.05, 3.63) is 21.0 Å². The quantitative estimate of drug-likeness (QED) is 0.875. The summed E-state index contributed by atoms with van der Waals surface area (Å²) in [5.74, 6) is 0.391. The van der Waals surface area contributed by atoms with E-state index < -0.39 is 0 Å². The minimum atomic E-state index is -0.0991. The molecule has 1 saturated carbocycles. The van der Waals surface area contributed by atoms with Crippen LogP contribution in [0.25, 0.3) is 0 Å². The summed E-state index contributed by atoms with van der Waals surface area (Å²) in [5.41, 5.74) is 6.35. The molecule has 6 heteroatoms. The van der Waals surface area contributed by atoms with E-state index in [9.17, 15) is 4.79 Å². The summed E-state index contributed by atoms with van der Waals surface area (Å²) in [6.45, 7) is 4.73. The predicted molar refractivity (Wildman–Crippen MR) is 71.0 cm³/mol. The molecule has 0 aliphatic heterocycles. The molecule has 0 bridgehead atoms. The fourth-order valence-electron chi connectivity index (χ4n) is 1.62. The summed E-state index contributed by atoms with van der Waals surface area (Å²) >= 11 is 3.32. The molecule has 1 aromatic heterocycles. The molecule has 2 rings (SSSR count). The summed E-state index contributed by atoms with van der Waals surface area (Å²) in [7, 11) is 0. The largest absolute Gasteiger partial charge is 0.378 e. The van der Waals surface area contributed by atoms with Crippen LogP contribution < -0.4 is 16.6 Å². The molecule has 1 aromatic rings. The van der Waals surface area contributed by atoms with Crippen LogP contribution in [0.5, 0.6) is 0 Å². The Hall–Kier alpha value is -0.880. The zero-order valence-corrected chi connectivity index (χ0v) is 11.6. The predicted octanol–water partition coefficient (Wildman–Crippen LogP) is 1.17. The van der Waals surface area contributed by atoms with Crippen molar-refractivity contribution in [1.29, 1.82) is 0 Å². The zero-order chi connectivity index (χ0) is 12.6. The van der Waals surface area contributed by atoms with Gasteiger partial charge in [-0.05, 0) is 28.3 Å². The lowest BCUT2D eigenvalue weighted by atomic mass is 10.2. The van der Waals surface area contributed by atoms with Crippen molar-refractivity contribution in [2.24, 2.45) is 11.7 Å². The summed E-state index contributed by atoms with van der Waals surface area (Å²) in [5, 5.41) is 7.36. The van der Waals surface area contributed by atoms with Gasteiger partial charge in [-0.3, -0.25) is 4.79 Å². The Bertz CT molecular complexity index is 471. The number of aromatic nitrogens is 2. The molecular weight excluding hydrogens is 284 g/mol. The summed E-state index contributed by atoms with van der Waals surface area (Å²) in [6.07, 6.45) is 2.63. The highest BCUT2D eigenvalue weighted by molar-refractivity contribution is 9.10. The number of rotatable bonds is 4. The van der Waals surface area contributed by atoms with Gasteiger partial charge in [0.1, 0.15) is 4.47 Å². The van der Waals surface area contributed by atoms with E-state index >= 15 is 0 Å². The molecule has 0 aromatic carbocycles. The van der Waals surface area contributed by atoms with Gasteiger partial charge in [0, 0.05) is 18.6 Å². The first-order valence-corrected chi connectivity index (χ1v) is 6.56. The smallest absolute Gasteiger partial charge is 0.283 e. The van der Waals surface area contributed by atoms with Crippen LogP contribution in [0.3, 0.4) is 0 Å². The number of anilines is 1. The SMILES string of the molecule is CC(C)Cn1ncc(NC2CC2N)c(Br)c1=O. The lowest BCUT2D eigenvalue weighted by Gasteiger charge is -2.11. The summed E-state index contributed by atoms with van der Waals surface area (Å²) < 4.78 is 2.01. The van der Waals surface area contributed by atoms with E-state index in [0.29, 0.717) is 16.9 Å². The van der Waals surface area contributed by atoms with Crippen molar-refractivity contribution in [3.63, 3.8) is 0 Å². The Kier molecular flexibility index (Phi) is 3.53. The Balaban J connectivity index is 2.20. The number of halogens is 1. The Labute approximate surface area is 109 Å². The van der Waals surface area contributed by atoms with Crippen molar-refractivity contribution in [3.8, 4) is 0 Å². The van der Waals surface area contributed by atoms with Crippen LogP contribution in [-0.4, -0.2) is 21.9 Å². The fourth-order valence-corrected chi connectivity index (χ4v) is 2.04. The zero-order valence-electron chi connectivity index (χ0n) is 9.98. The molecule has 5 nitrogen and oxygen atoms in total. The maximum atomic E-state index is 12.0. The second-order valence-electron chi connectivity index (χ2n) is 4.90. The molecule has 2 atom stereocenters. The highest BCUT2D eigenvalue weighted by Gasteiger charge is 2.33. The molecule has 17 heavy (non-hydrogen) atoms. The summed E-state index contributed by atoms with van der Waals surface area (Å²) in [4.78, 5) is 12.0. The molecule has 0 radical (unpaired) electrons. The van der Waals surface area contributed by atoms with Gasteiger partial charge in [-0.15, -0.1) is 0 Å². The molecule has 1 heterocycles. The lowest BCUT2D eigenvalue weighted by molar-refractivity contribution is 0.462. The molecule has 1 aliphatic carbocycles. The number of hydrogen-bond acceptors (Lipinski definition) is 4. The first-order valence-electron chi connectivity index (χ1n) is 5.76. The molecular formula is C11H17BrN4O.